The second kappa shape index (κ2) is 7.16. The van der Waals surface area contributed by atoms with Crippen molar-refractivity contribution in [2.45, 2.75) is 0 Å². The molecule has 0 saturated heterocycles. The molecule has 0 aliphatic heterocycles. The zero-order valence-corrected chi connectivity index (χ0v) is 14.2. The molecule has 138 valence electrons. The number of fused-ring (bicyclic) bond motifs is 1. The number of carbonyl (C=O) groups excluding carboxylic acids is 1. The molecule has 4 rings (SSSR count). The number of nitrogens with one attached hydrogen (secondary N) is 1. The Kier molecular flexibility index (Phi) is 4.38. The molecule has 9 nitrogen and oxygen atoms in total. The van der Waals surface area contributed by atoms with E-state index in [-0.39, 0.29) is 5.76 Å². The number of hydrogen-bond donors (Lipinski definition) is 1. The molecule has 4 aromatic rings. The van der Waals surface area contributed by atoms with Crippen LogP contribution in [0.3, 0.4) is 0 Å². The fraction of sp³-hybridized carbons (Fsp3) is 0. The fourth-order valence-corrected chi connectivity index (χ4v) is 2.64. The molecule has 0 bridgehead atoms. The van der Waals surface area contributed by atoms with E-state index in [1.165, 1.54) is 24.6 Å². The van der Waals surface area contributed by atoms with E-state index in [1.54, 1.807) is 36.4 Å². The number of benzene rings is 1. The lowest BCUT2D eigenvalue weighted by Gasteiger charge is -2.07. The first kappa shape index (κ1) is 17.2. The number of hydrogen-bond acceptors (Lipinski definition) is 7. The van der Waals surface area contributed by atoms with Crippen molar-refractivity contribution in [1.82, 2.24) is 10.4 Å². The van der Waals surface area contributed by atoms with E-state index in [0.717, 1.165) is 0 Å². The zero-order valence-electron chi connectivity index (χ0n) is 14.2. The van der Waals surface area contributed by atoms with Crippen LogP contribution in [0.25, 0.3) is 22.4 Å². The maximum Gasteiger partial charge on any atom is 0.433 e. The zero-order chi connectivity index (χ0) is 19.5. The number of furan rings is 2. The van der Waals surface area contributed by atoms with E-state index in [4.69, 9.17) is 8.83 Å². The highest BCUT2D eigenvalue weighted by atomic mass is 16.6. The highest BCUT2D eigenvalue weighted by molar-refractivity contribution is 6.07. The number of amides is 1. The molecular weight excluding hydrogens is 364 g/mol. The second-order valence-electron chi connectivity index (χ2n) is 5.68. The molecule has 0 aliphatic carbocycles. The molecule has 0 unspecified atom stereocenters. The summed E-state index contributed by atoms with van der Waals surface area (Å²) in [5, 5.41) is 15.1. The van der Waals surface area contributed by atoms with E-state index in [9.17, 15) is 14.9 Å². The third-order valence-electron chi connectivity index (χ3n) is 3.88. The molecule has 28 heavy (non-hydrogen) atoms. The van der Waals surface area contributed by atoms with Crippen LogP contribution in [-0.2, 0) is 0 Å². The second-order valence-corrected chi connectivity index (χ2v) is 5.68. The molecule has 1 N–H and O–H groups in total. The van der Waals surface area contributed by atoms with Crippen LogP contribution in [-0.4, -0.2) is 22.0 Å². The molecule has 0 fully saturated rings. The Morgan fingerprint density at radius 2 is 2.04 bits per heavy atom. The summed E-state index contributed by atoms with van der Waals surface area (Å²) in [7, 11) is 0. The first-order valence-electron chi connectivity index (χ1n) is 8.13. The van der Waals surface area contributed by atoms with E-state index < -0.39 is 16.7 Å². The Bertz CT molecular complexity index is 1190. The van der Waals surface area contributed by atoms with Crippen LogP contribution >= 0.6 is 0 Å². The summed E-state index contributed by atoms with van der Waals surface area (Å²) < 4.78 is 10.3. The number of aromatic nitrogens is 1. The van der Waals surface area contributed by atoms with Gasteiger partial charge in [0.1, 0.15) is 10.6 Å². The highest BCUT2D eigenvalue weighted by Gasteiger charge is 2.15. The Labute approximate surface area is 157 Å². The Hall–Kier alpha value is -4.27. The van der Waals surface area contributed by atoms with Gasteiger partial charge in [-0.2, -0.15) is 5.10 Å². The van der Waals surface area contributed by atoms with E-state index in [2.05, 4.69) is 15.5 Å². The monoisotopic (exact) mass is 376 g/mol. The molecule has 0 spiro atoms. The van der Waals surface area contributed by atoms with Gasteiger partial charge in [0.15, 0.2) is 11.5 Å². The van der Waals surface area contributed by atoms with Gasteiger partial charge in [-0.15, -0.1) is 0 Å². The molecule has 0 radical (unpaired) electrons. The predicted molar refractivity (Wildman–Crippen MR) is 99.9 cm³/mol. The van der Waals surface area contributed by atoms with Gasteiger partial charge in [0.25, 0.3) is 5.91 Å². The standard InChI is InChI=1S/C19H12N4O5/c24-19(22-20-11-12-7-8-18(28-12)23(25)26)14-10-16(17-6-3-9-27-17)21-15-5-2-1-4-13(14)15/h1-11H,(H,22,24)/b20-11-. The van der Waals surface area contributed by atoms with Crippen molar-refractivity contribution < 1.29 is 18.6 Å². The van der Waals surface area contributed by atoms with Crippen LogP contribution in [0, 0.1) is 10.1 Å². The van der Waals surface area contributed by atoms with Gasteiger partial charge in [-0.3, -0.25) is 14.9 Å². The van der Waals surface area contributed by atoms with Crippen molar-refractivity contribution in [1.29, 1.82) is 0 Å². The van der Waals surface area contributed by atoms with Crippen LogP contribution in [0.5, 0.6) is 0 Å². The quantitative estimate of drug-likeness (QED) is 0.321. The number of pyridine rings is 1. The summed E-state index contributed by atoms with van der Waals surface area (Å²) in [6, 6.07) is 14.9. The van der Waals surface area contributed by atoms with Crippen LogP contribution in [0.1, 0.15) is 16.1 Å². The minimum Gasteiger partial charge on any atom is -0.463 e. The minimum atomic E-state index is -0.658. The van der Waals surface area contributed by atoms with Crippen LogP contribution in [0.4, 0.5) is 5.88 Å². The van der Waals surface area contributed by atoms with Crippen molar-refractivity contribution >= 4 is 28.9 Å². The van der Waals surface area contributed by atoms with Crippen molar-refractivity contribution in [3.8, 4) is 11.5 Å². The van der Waals surface area contributed by atoms with Gasteiger partial charge in [-0.1, -0.05) is 18.2 Å². The van der Waals surface area contributed by atoms with Gasteiger partial charge in [-0.05, 0) is 30.3 Å². The smallest absolute Gasteiger partial charge is 0.433 e. The summed E-state index contributed by atoms with van der Waals surface area (Å²) in [6.07, 6.45) is 2.71. The molecular formula is C19H12N4O5. The van der Waals surface area contributed by atoms with Crippen molar-refractivity contribution in [3.05, 3.63) is 82.3 Å². The summed E-state index contributed by atoms with van der Waals surface area (Å²) in [4.78, 5) is 27.1. The largest absolute Gasteiger partial charge is 0.463 e. The van der Waals surface area contributed by atoms with Gasteiger partial charge in [0, 0.05) is 5.39 Å². The molecule has 3 aromatic heterocycles. The summed E-state index contributed by atoms with van der Waals surface area (Å²) in [6.45, 7) is 0. The number of nitrogens with zero attached hydrogens (tertiary/aromatic N) is 3. The van der Waals surface area contributed by atoms with Crippen molar-refractivity contribution in [2.24, 2.45) is 5.10 Å². The first-order valence-corrected chi connectivity index (χ1v) is 8.13. The fourth-order valence-electron chi connectivity index (χ4n) is 2.64. The number of nitro groups is 1. The van der Waals surface area contributed by atoms with E-state index in [1.807, 2.05) is 6.07 Å². The average Bonchev–Trinajstić information content (AvgIpc) is 3.39. The van der Waals surface area contributed by atoms with Crippen molar-refractivity contribution in [2.75, 3.05) is 0 Å². The topological polar surface area (TPSA) is 124 Å². The Morgan fingerprint density at radius 3 is 2.79 bits per heavy atom. The normalized spacial score (nSPS) is 11.1. The lowest BCUT2D eigenvalue weighted by molar-refractivity contribution is -0.402. The van der Waals surface area contributed by atoms with Gasteiger partial charge in [0.05, 0.1) is 29.6 Å². The average molecular weight is 376 g/mol. The maximum atomic E-state index is 12.7. The number of rotatable bonds is 5. The predicted octanol–water partition coefficient (Wildman–Crippen LogP) is 3.76. The Morgan fingerprint density at radius 1 is 1.18 bits per heavy atom. The minimum absolute atomic E-state index is 0.142. The summed E-state index contributed by atoms with van der Waals surface area (Å²) in [5.74, 6) is -0.200. The third-order valence-corrected chi connectivity index (χ3v) is 3.88. The SMILES string of the molecule is O=C(N/N=C\c1ccc([N+](=O)[O-])o1)c1cc(-c2ccco2)nc2ccccc12. The van der Waals surface area contributed by atoms with Crippen LogP contribution < -0.4 is 5.43 Å². The molecule has 0 aliphatic rings. The number of para-hydroxylation sites is 1. The van der Waals surface area contributed by atoms with E-state index in [0.29, 0.717) is 27.9 Å². The van der Waals surface area contributed by atoms with Gasteiger partial charge < -0.3 is 8.83 Å². The molecule has 3 heterocycles. The van der Waals surface area contributed by atoms with Gasteiger partial charge in [0.2, 0.25) is 0 Å². The van der Waals surface area contributed by atoms with Crippen LogP contribution in [0.15, 0.2) is 74.8 Å². The number of hydrazone groups is 1. The third kappa shape index (κ3) is 3.36. The first-order chi connectivity index (χ1) is 13.6. The molecule has 1 amide bonds. The maximum absolute atomic E-state index is 12.7. The lowest BCUT2D eigenvalue weighted by atomic mass is 10.1. The Balaban J connectivity index is 1.62. The molecule has 1 aromatic carbocycles. The van der Waals surface area contributed by atoms with Gasteiger partial charge in [-0.25, -0.2) is 10.4 Å². The van der Waals surface area contributed by atoms with Gasteiger partial charge >= 0.3 is 5.88 Å². The highest BCUT2D eigenvalue weighted by Crippen LogP contribution is 2.25. The number of carbonyl (C=O) groups is 1. The molecule has 0 saturated carbocycles. The molecule has 9 heteroatoms. The van der Waals surface area contributed by atoms with E-state index >= 15 is 0 Å². The van der Waals surface area contributed by atoms with Crippen molar-refractivity contribution in [3.63, 3.8) is 0 Å². The lowest BCUT2D eigenvalue weighted by Crippen LogP contribution is -2.18. The molecule has 0 atom stereocenters. The summed E-state index contributed by atoms with van der Waals surface area (Å²) in [5.41, 5.74) is 3.90. The summed E-state index contributed by atoms with van der Waals surface area (Å²) >= 11 is 0. The van der Waals surface area contributed by atoms with Crippen LogP contribution in [0.2, 0.25) is 0 Å².